The molecule has 0 bridgehead atoms. The number of piperidine rings is 1. The molecule has 0 atom stereocenters. The Morgan fingerprint density at radius 2 is 1.70 bits per heavy atom. The van der Waals surface area contributed by atoms with Gasteiger partial charge in [0.05, 0.1) is 11.1 Å². The number of amides is 2. The van der Waals surface area contributed by atoms with Gasteiger partial charge in [-0.2, -0.15) is 13.2 Å². The summed E-state index contributed by atoms with van der Waals surface area (Å²) in [5, 5.41) is 2.91. The Hall–Kier alpha value is -3.23. The van der Waals surface area contributed by atoms with E-state index in [1.807, 2.05) is 0 Å². The summed E-state index contributed by atoms with van der Waals surface area (Å²) in [5.74, 6) is 0.160. The largest absolute Gasteiger partial charge is 0.454 e. The molecule has 0 saturated carbocycles. The maximum absolute atomic E-state index is 13.2. The number of nitrogens with one attached hydrogen (secondary N) is 1. The molecule has 1 saturated heterocycles. The van der Waals surface area contributed by atoms with Gasteiger partial charge in [0.1, 0.15) is 0 Å². The summed E-state index contributed by atoms with van der Waals surface area (Å²) in [4.78, 5) is 26.5. The van der Waals surface area contributed by atoms with Crippen LogP contribution in [0.4, 0.5) is 13.2 Å². The summed E-state index contributed by atoms with van der Waals surface area (Å²) in [6, 6.07) is 9.50. The van der Waals surface area contributed by atoms with Gasteiger partial charge in [-0.25, -0.2) is 0 Å². The highest BCUT2D eigenvalue weighted by Crippen LogP contribution is 2.33. The van der Waals surface area contributed by atoms with Crippen molar-refractivity contribution in [2.24, 2.45) is 0 Å². The van der Waals surface area contributed by atoms with Gasteiger partial charge >= 0.3 is 6.18 Å². The number of rotatable bonds is 3. The Balaban J connectivity index is 1.36. The molecule has 30 heavy (non-hydrogen) atoms. The molecule has 158 valence electrons. The van der Waals surface area contributed by atoms with E-state index in [1.165, 1.54) is 23.1 Å². The predicted molar refractivity (Wildman–Crippen MR) is 100 cm³/mol. The highest BCUT2D eigenvalue weighted by molar-refractivity contribution is 5.96. The third-order valence-electron chi connectivity index (χ3n) is 5.22. The van der Waals surface area contributed by atoms with Crippen LogP contribution in [0.3, 0.4) is 0 Å². The van der Waals surface area contributed by atoms with Gasteiger partial charge in [0, 0.05) is 24.7 Å². The van der Waals surface area contributed by atoms with Crippen LogP contribution in [-0.4, -0.2) is 42.6 Å². The fourth-order valence-electron chi connectivity index (χ4n) is 3.62. The summed E-state index contributed by atoms with van der Waals surface area (Å²) in [6.45, 7) is 0.637. The average molecular weight is 420 g/mol. The van der Waals surface area contributed by atoms with E-state index in [0.29, 0.717) is 29.9 Å². The number of hydrogen-bond donors (Lipinski definition) is 1. The van der Waals surface area contributed by atoms with Crippen molar-refractivity contribution in [3.05, 3.63) is 59.2 Å². The third-order valence-corrected chi connectivity index (χ3v) is 5.22. The molecule has 0 spiro atoms. The van der Waals surface area contributed by atoms with Gasteiger partial charge in [-0.15, -0.1) is 0 Å². The zero-order valence-corrected chi connectivity index (χ0v) is 15.9. The van der Waals surface area contributed by atoms with E-state index in [1.54, 1.807) is 18.2 Å². The second-order valence-electron chi connectivity index (χ2n) is 7.15. The van der Waals surface area contributed by atoms with E-state index in [0.717, 1.165) is 6.07 Å². The summed E-state index contributed by atoms with van der Waals surface area (Å²) >= 11 is 0. The highest BCUT2D eigenvalue weighted by atomic mass is 19.4. The van der Waals surface area contributed by atoms with Crippen LogP contribution in [0.5, 0.6) is 11.5 Å². The molecule has 6 nitrogen and oxygen atoms in total. The van der Waals surface area contributed by atoms with E-state index in [4.69, 9.17) is 9.47 Å². The highest BCUT2D eigenvalue weighted by Gasteiger charge is 2.36. The molecule has 2 amide bonds. The van der Waals surface area contributed by atoms with Gasteiger partial charge in [-0.3, -0.25) is 9.59 Å². The number of carbonyl (C=O) groups excluding carboxylic acids is 2. The van der Waals surface area contributed by atoms with E-state index >= 15 is 0 Å². The van der Waals surface area contributed by atoms with Crippen LogP contribution in [-0.2, 0) is 6.18 Å². The molecule has 2 aromatic carbocycles. The van der Waals surface area contributed by atoms with Crippen LogP contribution < -0.4 is 14.8 Å². The zero-order valence-electron chi connectivity index (χ0n) is 15.9. The van der Waals surface area contributed by atoms with Gasteiger partial charge in [0.15, 0.2) is 11.5 Å². The van der Waals surface area contributed by atoms with E-state index in [-0.39, 0.29) is 37.4 Å². The Morgan fingerprint density at radius 1 is 1.00 bits per heavy atom. The van der Waals surface area contributed by atoms with E-state index in [2.05, 4.69) is 5.32 Å². The molecule has 0 unspecified atom stereocenters. The van der Waals surface area contributed by atoms with Gasteiger partial charge in [-0.1, -0.05) is 12.1 Å². The lowest BCUT2D eigenvalue weighted by molar-refractivity contribution is -0.138. The summed E-state index contributed by atoms with van der Waals surface area (Å²) in [7, 11) is 0. The lowest BCUT2D eigenvalue weighted by Crippen LogP contribution is -2.46. The SMILES string of the molecule is O=C(NC1CCN(C(=O)c2ccccc2C(F)(F)F)CC1)c1ccc2c(c1)OCO2. The molecule has 0 aliphatic carbocycles. The van der Waals surface area contributed by atoms with Gasteiger partial charge < -0.3 is 19.7 Å². The van der Waals surface area contributed by atoms with Gasteiger partial charge in [0.2, 0.25) is 6.79 Å². The van der Waals surface area contributed by atoms with Crippen molar-refractivity contribution >= 4 is 11.8 Å². The fraction of sp³-hybridized carbons (Fsp3) is 0.333. The number of likely N-dealkylation sites (tertiary alicyclic amines) is 1. The summed E-state index contributed by atoms with van der Waals surface area (Å²) in [6.07, 6.45) is -3.68. The first-order chi connectivity index (χ1) is 14.3. The van der Waals surface area contributed by atoms with Crippen molar-refractivity contribution in [2.75, 3.05) is 19.9 Å². The molecular formula is C21H19F3N2O4. The number of benzene rings is 2. The first-order valence-corrected chi connectivity index (χ1v) is 9.49. The van der Waals surface area contributed by atoms with Gasteiger partial charge in [-0.05, 0) is 43.2 Å². The smallest absolute Gasteiger partial charge is 0.417 e. The Morgan fingerprint density at radius 3 is 2.43 bits per heavy atom. The standard InChI is InChI=1S/C21H19F3N2O4/c22-21(23,24)16-4-2-1-3-15(16)20(28)26-9-7-14(8-10-26)25-19(27)13-5-6-17-18(11-13)30-12-29-17/h1-6,11,14H,7-10,12H2,(H,25,27). The molecule has 0 aromatic heterocycles. The minimum atomic E-state index is -4.59. The molecule has 4 rings (SSSR count). The second kappa shape index (κ2) is 7.89. The van der Waals surface area contributed by atoms with Crippen molar-refractivity contribution < 1.29 is 32.2 Å². The lowest BCUT2D eigenvalue weighted by Gasteiger charge is -2.33. The molecule has 2 aromatic rings. The monoisotopic (exact) mass is 420 g/mol. The van der Waals surface area contributed by atoms with Crippen molar-refractivity contribution in [1.82, 2.24) is 10.2 Å². The topological polar surface area (TPSA) is 67.9 Å². The normalized spacial score (nSPS) is 16.4. The minimum absolute atomic E-state index is 0.115. The molecule has 2 heterocycles. The minimum Gasteiger partial charge on any atom is -0.454 e. The Labute approximate surface area is 170 Å². The van der Waals surface area contributed by atoms with Crippen LogP contribution >= 0.6 is 0 Å². The molecular weight excluding hydrogens is 401 g/mol. The first-order valence-electron chi connectivity index (χ1n) is 9.49. The molecule has 2 aliphatic heterocycles. The Kier molecular flexibility index (Phi) is 5.27. The summed E-state index contributed by atoms with van der Waals surface area (Å²) in [5.41, 5.74) is -0.863. The predicted octanol–water partition coefficient (Wildman–Crippen LogP) is 3.47. The van der Waals surface area contributed by atoms with Crippen LogP contribution in [0, 0.1) is 0 Å². The number of halogens is 3. The van der Waals surface area contributed by atoms with Crippen molar-refractivity contribution in [3.8, 4) is 11.5 Å². The van der Waals surface area contributed by atoms with Gasteiger partial charge in [0.25, 0.3) is 11.8 Å². The number of hydrogen-bond acceptors (Lipinski definition) is 4. The van der Waals surface area contributed by atoms with Crippen molar-refractivity contribution in [3.63, 3.8) is 0 Å². The molecule has 1 N–H and O–H groups in total. The zero-order chi connectivity index (χ0) is 21.3. The number of alkyl halides is 3. The first kappa shape index (κ1) is 20.1. The van der Waals surface area contributed by atoms with Crippen molar-refractivity contribution in [2.45, 2.75) is 25.1 Å². The number of fused-ring (bicyclic) bond motifs is 1. The van der Waals surface area contributed by atoms with Crippen LogP contribution in [0.25, 0.3) is 0 Å². The maximum Gasteiger partial charge on any atom is 0.417 e. The average Bonchev–Trinajstić information content (AvgIpc) is 3.21. The lowest BCUT2D eigenvalue weighted by atomic mass is 10.0. The quantitative estimate of drug-likeness (QED) is 0.826. The van der Waals surface area contributed by atoms with Crippen LogP contribution in [0.1, 0.15) is 39.1 Å². The molecule has 0 radical (unpaired) electrons. The van der Waals surface area contributed by atoms with Crippen LogP contribution in [0.2, 0.25) is 0 Å². The third kappa shape index (κ3) is 4.05. The Bertz CT molecular complexity index is 969. The molecule has 2 aliphatic rings. The van der Waals surface area contributed by atoms with E-state index in [9.17, 15) is 22.8 Å². The number of nitrogens with zero attached hydrogens (tertiary/aromatic N) is 1. The van der Waals surface area contributed by atoms with Crippen molar-refractivity contribution in [1.29, 1.82) is 0 Å². The summed E-state index contributed by atoms with van der Waals surface area (Å²) < 4.78 is 50.1. The second-order valence-corrected chi connectivity index (χ2v) is 7.15. The van der Waals surface area contributed by atoms with E-state index < -0.39 is 17.6 Å². The number of carbonyl (C=O) groups is 2. The fourth-order valence-corrected chi connectivity index (χ4v) is 3.62. The molecule has 9 heteroatoms. The van der Waals surface area contributed by atoms with Crippen LogP contribution in [0.15, 0.2) is 42.5 Å². The molecule has 1 fully saturated rings. The number of ether oxygens (including phenoxy) is 2. The maximum atomic E-state index is 13.2.